The smallest absolute Gasteiger partial charge is 0 e. The van der Waals surface area contributed by atoms with Crippen molar-refractivity contribution >= 4 is 28.3 Å². The molecule has 0 aromatic rings. The topological polar surface area (TPSA) is 0 Å². The Morgan fingerprint density at radius 2 is 0.750 bits per heavy atom. The first-order valence-corrected chi connectivity index (χ1v) is 0. The van der Waals surface area contributed by atoms with E-state index in [1.54, 1.807) is 0 Å². The molecule has 0 saturated heterocycles. The summed E-state index contributed by atoms with van der Waals surface area (Å²) in [5.74, 6) is 0. The molecule has 0 aliphatic carbocycles. The van der Waals surface area contributed by atoms with Crippen molar-refractivity contribution in [3.63, 3.8) is 0 Å². The van der Waals surface area contributed by atoms with E-state index in [4.69, 9.17) is 0 Å². The van der Waals surface area contributed by atoms with Crippen molar-refractivity contribution in [2.24, 2.45) is 0 Å². The first-order chi connectivity index (χ1) is 0. The molecule has 7 radical (unpaired) electrons. The number of rotatable bonds is 0. The molecule has 23 valence electrons. The normalized spacial score (nSPS) is 0. The van der Waals surface area contributed by atoms with Gasteiger partial charge in [0, 0.05) is 62.5 Å². The first kappa shape index (κ1) is 41.5. The van der Waals surface area contributed by atoms with Crippen molar-refractivity contribution in [2.75, 3.05) is 0 Å². The second-order valence-electron chi connectivity index (χ2n) is 0. The zero-order valence-electron chi connectivity index (χ0n) is 1.78. The van der Waals surface area contributed by atoms with Gasteiger partial charge in [0.15, 0.2) is 0 Å². The van der Waals surface area contributed by atoms with Gasteiger partial charge in [-0.25, -0.2) is 0 Å². The van der Waals surface area contributed by atoms with E-state index in [2.05, 4.69) is 0 Å². The Balaban J connectivity index is 0. The summed E-state index contributed by atoms with van der Waals surface area (Å²) in [5, 5.41) is 0. The van der Waals surface area contributed by atoms with Crippen LogP contribution >= 0.6 is 0 Å². The van der Waals surface area contributed by atoms with Gasteiger partial charge in [-0.15, -0.1) is 0 Å². The summed E-state index contributed by atoms with van der Waals surface area (Å²) in [6.45, 7) is 0. The van der Waals surface area contributed by atoms with Crippen LogP contribution < -0.4 is 0 Å². The van der Waals surface area contributed by atoms with Gasteiger partial charge in [0.1, 0.15) is 0 Å². The zero-order chi connectivity index (χ0) is 0. The largest absolute Gasteiger partial charge is 0 e. The van der Waals surface area contributed by atoms with E-state index in [9.17, 15) is 0 Å². The summed E-state index contributed by atoms with van der Waals surface area (Å²) in [5.41, 5.74) is 0. The van der Waals surface area contributed by atoms with E-state index in [0.29, 0.717) is 0 Å². The van der Waals surface area contributed by atoms with Crippen LogP contribution in [-0.2, 0) is 34.1 Å². The van der Waals surface area contributed by atoms with E-state index >= 15 is 0 Å². The van der Waals surface area contributed by atoms with Gasteiger partial charge >= 0.3 is 0 Å². The van der Waals surface area contributed by atoms with E-state index < -0.39 is 0 Å². The first-order valence-electron chi connectivity index (χ1n) is 0. The summed E-state index contributed by atoms with van der Waals surface area (Å²) in [7, 11) is 0. The van der Waals surface area contributed by atoms with Crippen LogP contribution in [0, 0.1) is 0 Å². The molecule has 0 bridgehead atoms. The second-order valence-corrected chi connectivity index (χ2v) is 0. The molecule has 0 fully saturated rings. The van der Waals surface area contributed by atoms with Crippen molar-refractivity contribution in [1.82, 2.24) is 0 Å². The average Bonchev–Trinajstić information content (AvgIpc) is 0. The maximum Gasteiger partial charge on any atom is 0 e. The molecule has 0 spiro atoms. The molecule has 0 nitrogen and oxygen atoms in total. The van der Waals surface area contributed by atoms with Gasteiger partial charge in [-0.2, -0.15) is 0 Å². The molecule has 0 heterocycles. The van der Waals surface area contributed by atoms with Gasteiger partial charge in [-0.1, -0.05) is 0 Å². The summed E-state index contributed by atoms with van der Waals surface area (Å²) in [6.07, 6.45) is 0. The predicted octanol–water partition coefficient (Wildman–Crippen LogP) is -0.767. The molecular weight excluding hydrogens is 167 g/mol. The van der Waals surface area contributed by atoms with Crippen molar-refractivity contribution in [1.29, 1.82) is 0 Å². The predicted molar refractivity (Wildman–Crippen MR) is 11.5 cm³/mol. The fraction of sp³-hybridized carbons (Fsp3) is 0. The Bertz CT molecular complexity index is 6.00. The van der Waals surface area contributed by atoms with Crippen LogP contribution in [0.4, 0.5) is 0 Å². The van der Waals surface area contributed by atoms with Gasteiger partial charge in [-0.05, 0) is 0 Å². The van der Waals surface area contributed by atoms with Gasteiger partial charge in [0.25, 0.3) is 0 Å². The molecule has 0 aromatic carbocycles. The molecule has 4 heavy (non-hydrogen) atoms. The van der Waals surface area contributed by atoms with Crippen LogP contribution in [0.5, 0.6) is 0 Å². The maximum absolute atomic E-state index is 0. The third kappa shape index (κ3) is 9.21. The summed E-state index contributed by atoms with van der Waals surface area (Å²) in [4.78, 5) is 0. The van der Waals surface area contributed by atoms with Crippen LogP contribution in [0.3, 0.4) is 0 Å². The van der Waals surface area contributed by atoms with E-state index in [-0.39, 0.29) is 62.5 Å². The molecule has 0 rings (SSSR count). The van der Waals surface area contributed by atoms with Gasteiger partial charge in [-0.3, -0.25) is 0 Å². The van der Waals surface area contributed by atoms with Crippen LogP contribution in [-0.4, -0.2) is 28.3 Å². The maximum atomic E-state index is 0. The van der Waals surface area contributed by atoms with Crippen LogP contribution in [0.15, 0.2) is 0 Å². The molecule has 0 unspecified atom stereocenters. The van der Waals surface area contributed by atoms with Crippen LogP contribution in [0.25, 0.3) is 0 Å². The van der Waals surface area contributed by atoms with Gasteiger partial charge < -0.3 is 0 Å². The molecule has 0 aliphatic heterocycles. The third-order valence-electron chi connectivity index (χ3n) is 0. The molecule has 0 N–H and O–H groups in total. The summed E-state index contributed by atoms with van der Waals surface area (Å²) >= 11 is 0. The van der Waals surface area contributed by atoms with Gasteiger partial charge in [0.05, 0.1) is 0 Å². The Hall–Kier alpha value is 1.79. The fourth-order valence-electron chi connectivity index (χ4n) is 0. The Morgan fingerprint density at radius 3 is 0.750 bits per heavy atom. The number of hydrogen-bond donors (Lipinski definition) is 0. The van der Waals surface area contributed by atoms with Crippen LogP contribution in [0.1, 0.15) is 0 Å². The molecule has 4 heteroatoms. The summed E-state index contributed by atoms with van der Waals surface area (Å²) < 4.78 is 0. The van der Waals surface area contributed by atoms with E-state index in [0.717, 1.165) is 0 Å². The average molecular weight is 167 g/mol. The molecule has 0 aromatic heterocycles. The molecule has 0 atom stereocenters. The minimum absolute atomic E-state index is 0. The molecule has 0 saturated carbocycles. The van der Waals surface area contributed by atoms with Crippen molar-refractivity contribution < 1.29 is 34.1 Å². The van der Waals surface area contributed by atoms with E-state index in [1.165, 1.54) is 0 Å². The fourth-order valence-corrected chi connectivity index (χ4v) is 0. The second kappa shape index (κ2) is 21.5. The van der Waals surface area contributed by atoms with Crippen LogP contribution in [0.2, 0.25) is 0 Å². The molecule has 0 aliphatic rings. The monoisotopic (exact) mass is 167 g/mol. The minimum Gasteiger partial charge on any atom is 0 e. The zero-order valence-corrected chi connectivity index (χ0v) is 6.15. The summed E-state index contributed by atoms with van der Waals surface area (Å²) in [6, 6.07) is 0. The van der Waals surface area contributed by atoms with Crippen molar-refractivity contribution in [2.45, 2.75) is 0 Å². The Morgan fingerprint density at radius 1 is 0.750 bits per heavy atom. The third-order valence-corrected chi connectivity index (χ3v) is 0. The minimum atomic E-state index is 0. The Kier molecular flexibility index (Phi) is 223. The standard InChI is InChI=1S/Al.2Fe.Si. The molecule has 0 amide bonds. The van der Waals surface area contributed by atoms with Crippen molar-refractivity contribution in [3.05, 3.63) is 0 Å². The van der Waals surface area contributed by atoms with Gasteiger partial charge in [0.2, 0.25) is 0 Å². The Labute approximate surface area is 62.2 Å². The van der Waals surface area contributed by atoms with Crippen molar-refractivity contribution in [3.8, 4) is 0 Å². The quantitative estimate of drug-likeness (QED) is 0.415. The van der Waals surface area contributed by atoms with E-state index in [1.807, 2.05) is 0 Å². The SMILES string of the molecule is [Al].[Fe].[Fe].[Si]. The number of hydrogen-bond acceptors (Lipinski definition) is 0. The molecular formula is AlFe2Si.